The molecule has 0 aliphatic heterocycles. The number of rotatable bonds is 7. The molecule has 0 fully saturated rings. The van der Waals surface area contributed by atoms with Crippen molar-refractivity contribution < 1.29 is 13.0 Å². The molecule has 0 spiro atoms. The van der Waals surface area contributed by atoms with Crippen LogP contribution in [-0.2, 0) is 10.1 Å². The average Bonchev–Trinajstić information content (AvgIpc) is 2.22. The molecule has 0 aliphatic rings. The fourth-order valence-electron chi connectivity index (χ4n) is 0.907. The van der Waals surface area contributed by atoms with E-state index < -0.39 is 10.1 Å². The average molecular weight is 293 g/mol. The molecule has 0 aromatic heterocycles. The predicted octanol–water partition coefficient (Wildman–Crippen LogP) is 2.08. The topological polar surface area (TPSA) is 57.6 Å². The van der Waals surface area contributed by atoms with Crippen LogP contribution >= 0.6 is 24.0 Å². The second kappa shape index (κ2) is 8.46. The predicted molar refractivity (Wildman–Crippen MR) is 77.7 cm³/mol. The van der Waals surface area contributed by atoms with Crippen LogP contribution in [0.2, 0.25) is 0 Å². The van der Waals surface area contributed by atoms with E-state index in [1.807, 2.05) is 4.90 Å². The Morgan fingerprint density at radius 2 is 1.88 bits per heavy atom. The van der Waals surface area contributed by atoms with Gasteiger partial charge in [-0.25, -0.2) is 0 Å². The largest absolute Gasteiger partial charge is 0.350 e. The third-order valence-electron chi connectivity index (χ3n) is 1.53. The molecule has 0 amide bonds. The Balaban J connectivity index is 4.18. The summed E-state index contributed by atoms with van der Waals surface area (Å²) in [7, 11) is -4.05. The summed E-state index contributed by atoms with van der Waals surface area (Å²) in [6.07, 6.45) is 4.79. The standard InChI is InChI=1S/C10H15NO3S3/c1-3-6-11(7-4-2)10(15)16-8-5-9-17(12,13)14/h3-5,9H,1-2,6-8H2,(H,12,13,14)/b9-5-. The van der Waals surface area contributed by atoms with Gasteiger partial charge in [-0.2, -0.15) is 8.42 Å². The number of thioether (sulfide) groups is 1. The van der Waals surface area contributed by atoms with E-state index in [0.29, 0.717) is 23.2 Å². The van der Waals surface area contributed by atoms with Crippen LogP contribution < -0.4 is 0 Å². The number of nitrogens with zero attached hydrogens (tertiary/aromatic N) is 1. The van der Waals surface area contributed by atoms with Crippen molar-refractivity contribution in [2.24, 2.45) is 0 Å². The molecular formula is C10H15NO3S3. The van der Waals surface area contributed by atoms with Gasteiger partial charge >= 0.3 is 0 Å². The zero-order valence-electron chi connectivity index (χ0n) is 9.28. The van der Waals surface area contributed by atoms with Gasteiger partial charge in [0.1, 0.15) is 4.32 Å². The SMILES string of the molecule is C=CCN(CC=C)C(=S)SC/C=C\S(=O)(=O)O. The molecule has 0 rings (SSSR count). The van der Waals surface area contributed by atoms with Crippen LogP contribution in [0, 0.1) is 0 Å². The van der Waals surface area contributed by atoms with Gasteiger partial charge in [-0.3, -0.25) is 4.55 Å². The minimum Gasteiger partial charge on any atom is -0.350 e. The molecule has 1 N–H and O–H groups in total. The van der Waals surface area contributed by atoms with Gasteiger partial charge in [0.05, 0.1) is 5.41 Å². The summed E-state index contributed by atoms with van der Waals surface area (Å²) in [6.45, 7) is 8.47. The van der Waals surface area contributed by atoms with Gasteiger partial charge in [-0.05, 0) is 0 Å². The minimum atomic E-state index is -4.05. The first-order chi connectivity index (χ1) is 7.90. The van der Waals surface area contributed by atoms with Gasteiger partial charge in [0.25, 0.3) is 10.1 Å². The minimum absolute atomic E-state index is 0.378. The van der Waals surface area contributed by atoms with Crippen LogP contribution in [0.1, 0.15) is 0 Å². The van der Waals surface area contributed by atoms with Crippen LogP contribution in [0.5, 0.6) is 0 Å². The van der Waals surface area contributed by atoms with Crippen molar-refractivity contribution in [1.29, 1.82) is 0 Å². The lowest BCUT2D eigenvalue weighted by molar-refractivity contribution is 0.494. The zero-order chi connectivity index (χ0) is 13.3. The van der Waals surface area contributed by atoms with E-state index in [-0.39, 0.29) is 0 Å². The van der Waals surface area contributed by atoms with Crippen molar-refractivity contribution >= 4 is 38.4 Å². The van der Waals surface area contributed by atoms with Crippen LogP contribution in [0.15, 0.2) is 36.8 Å². The molecule has 0 heterocycles. The summed E-state index contributed by atoms with van der Waals surface area (Å²) in [5.41, 5.74) is 0. The molecule has 0 saturated heterocycles. The summed E-state index contributed by atoms with van der Waals surface area (Å²) >= 11 is 6.47. The van der Waals surface area contributed by atoms with Gasteiger partial charge in [0, 0.05) is 18.8 Å². The second-order valence-corrected chi connectivity index (χ2v) is 5.90. The molecule has 96 valence electrons. The second-order valence-electron chi connectivity index (χ2n) is 2.95. The first-order valence-electron chi connectivity index (χ1n) is 4.68. The summed E-state index contributed by atoms with van der Waals surface area (Å²) in [5.74, 6) is 0.378. The highest BCUT2D eigenvalue weighted by Crippen LogP contribution is 2.10. The first-order valence-corrected chi connectivity index (χ1v) is 7.58. The number of hydrogen-bond donors (Lipinski definition) is 1. The zero-order valence-corrected chi connectivity index (χ0v) is 11.7. The summed E-state index contributed by atoms with van der Waals surface area (Å²) < 4.78 is 29.9. The van der Waals surface area contributed by atoms with E-state index >= 15 is 0 Å². The maximum absolute atomic E-state index is 10.4. The highest BCUT2D eigenvalue weighted by Gasteiger charge is 2.05. The summed E-state index contributed by atoms with van der Waals surface area (Å²) in [4.78, 5) is 1.88. The Kier molecular flexibility index (Phi) is 8.15. The Labute approximate surface area is 112 Å². The quantitative estimate of drug-likeness (QED) is 0.440. The Morgan fingerprint density at radius 3 is 2.29 bits per heavy atom. The Bertz CT molecular complexity index is 391. The normalized spacial score (nSPS) is 11.4. The van der Waals surface area contributed by atoms with Crippen molar-refractivity contribution in [3.63, 3.8) is 0 Å². The highest BCUT2D eigenvalue weighted by atomic mass is 32.2. The van der Waals surface area contributed by atoms with Crippen LogP contribution in [0.4, 0.5) is 0 Å². The lowest BCUT2D eigenvalue weighted by atomic mass is 10.5. The third-order valence-corrected chi connectivity index (χ3v) is 3.54. The maximum atomic E-state index is 10.4. The lowest BCUT2D eigenvalue weighted by Gasteiger charge is -2.20. The van der Waals surface area contributed by atoms with Crippen molar-refractivity contribution in [3.05, 3.63) is 36.8 Å². The van der Waals surface area contributed by atoms with Gasteiger partial charge in [0.2, 0.25) is 0 Å². The van der Waals surface area contributed by atoms with Crippen LogP contribution in [0.25, 0.3) is 0 Å². The van der Waals surface area contributed by atoms with Crippen molar-refractivity contribution in [3.8, 4) is 0 Å². The van der Waals surface area contributed by atoms with E-state index in [4.69, 9.17) is 16.8 Å². The Morgan fingerprint density at radius 1 is 1.35 bits per heavy atom. The highest BCUT2D eigenvalue weighted by molar-refractivity contribution is 8.23. The molecule has 0 aromatic rings. The number of thiocarbonyl (C=S) groups is 1. The molecular weight excluding hydrogens is 278 g/mol. The summed E-state index contributed by atoms with van der Waals surface area (Å²) in [5, 5.41) is 0.744. The van der Waals surface area contributed by atoms with Crippen molar-refractivity contribution in [1.82, 2.24) is 4.90 Å². The van der Waals surface area contributed by atoms with E-state index in [0.717, 1.165) is 5.41 Å². The van der Waals surface area contributed by atoms with Gasteiger partial charge in [0.15, 0.2) is 0 Å². The van der Waals surface area contributed by atoms with Gasteiger partial charge in [-0.15, -0.1) is 13.2 Å². The lowest BCUT2D eigenvalue weighted by Crippen LogP contribution is -2.27. The summed E-state index contributed by atoms with van der Waals surface area (Å²) in [6, 6.07) is 0. The fourth-order valence-corrected chi connectivity index (χ4v) is 2.39. The monoisotopic (exact) mass is 293 g/mol. The van der Waals surface area contributed by atoms with E-state index in [2.05, 4.69) is 13.2 Å². The van der Waals surface area contributed by atoms with E-state index in [9.17, 15) is 8.42 Å². The molecule has 0 unspecified atom stereocenters. The first kappa shape index (κ1) is 16.4. The fraction of sp³-hybridized carbons (Fsp3) is 0.300. The molecule has 7 heteroatoms. The molecule has 0 radical (unpaired) electrons. The molecule has 0 aromatic carbocycles. The maximum Gasteiger partial charge on any atom is 0.287 e. The molecule has 4 nitrogen and oxygen atoms in total. The molecule has 0 atom stereocenters. The molecule has 17 heavy (non-hydrogen) atoms. The van der Waals surface area contributed by atoms with Crippen LogP contribution in [0.3, 0.4) is 0 Å². The molecule has 0 aliphatic carbocycles. The van der Waals surface area contributed by atoms with Gasteiger partial charge in [-0.1, -0.05) is 42.2 Å². The van der Waals surface area contributed by atoms with E-state index in [1.165, 1.54) is 17.8 Å². The van der Waals surface area contributed by atoms with Crippen LogP contribution in [-0.4, -0.2) is 41.0 Å². The van der Waals surface area contributed by atoms with Crippen molar-refractivity contribution in [2.75, 3.05) is 18.8 Å². The molecule has 0 bridgehead atoms. The number of hydrogen-bond acceptors (Lipinski definition) is 4. The smallest absolute Gasteiger partial charge is 0.287 e. The third kappa shape index (κ3) is 9.11. The molecule has 0 saturated carbocycles. The van der Waals surface area contributed by atoms with E-state index in [1.54, 1.807) is 12.2 Å². The van der Waals surface area contributed by atoms with Gasteiger partial charge < -0.3 is 4.90 Å². The van der Waals surface area contributed by atoms with Crippen molar-refractivity contribution in [2.45, 2.75) is 0 Å². The Hall–Kier alpha value is -0.630.